The van der Waals surface area contributed by atoms with Crippen LogP contribution in [0.15, 0.2) is 24.3 Å². The van der Waals surface area contributed by atoms with Gasteiger partial charge < -0.3 is 10.1 Å². The van der Waals surface area contributed by atoms with Gasteiger partial charge in [-0.3, -0.25) is 4.79 Å². The standard InChI is InChI=1S/C16H26N2O4S/c1-4-12-18(23(3,20)21)13-10-16(19)17-11-9-14-5-7-15(22-2)8-6-14/h5-8H,4,9-13H2,1-3H3,(H,17,19). The normalized spacial score (nSPS) is 11.5. The van der Waals surface area contributed by atoms with Gasteiger partial charge in [0, 0.05) is 26.1 Å². The first-order valence-corrected chi connectivity index (χ1v) is 9.56. The zero-order valence-corrected chi connectivity index (χ0v) is 14.9. The summed E-state index contributed by atoms with van der Waals surface area (Å²) in [6, 6.07) is 7.67. The number of amides is 1. The van der Waals surface area contributed by atoms with Gasteiger partial charge in [0.25, 0.3) is 0 Å². The van der Waals surface area contributed by atoms with E-state index < -0.39 is 10.0 Å². The highest BCUT2D eigenvalue weighted by Crippen LogP contribution is 2.11. The summed E-state index contributed by atoms with van der Waals surface area (Å²) >= 11 is 0. The van der Waals surface area contributed by atoms with E-state index in [1.807, 2.05) is 31.2 Å². The molecule has 130 valence electrons. The van der Waals surface area contributed by atoms with Crippen molar-refractivity contribution in [2.75, 3.05) is 33.0 Å². The smallest absolute Gasteiger partial charge is 0.221 e. The Morgan fingerprint density at radius 3 is 2.39 bits per heavy atom. The van der Waals surface area contributed by atoms with E-state index in [2.05, 4.69) is 5.32 Å². The van der Waals surface area contributed by atoms with Gasteiger partial charge in [0.2, 0.25) is 15.9 Å². The zero-order chi connectivity index (χ0) is 17.3. The number of sulfonamides is 1. The van der Waals surface area contributed by atoms with E-state index in [4.69, 9.17) is 4.74 Å². The van der Waals surface area contributed by atoms with Gasteiger partial charge in [-0.15, -0.1) is 0 Å². The number of ether oxygens (including phenoxy) is 1. The first kappa shape index (κ1) is 19.4. The van der Waals surface area contributed by atoms with Gasteiger partial charge in [-0.1, -0.05) is 19.1 Å². The van der Waals surface area contributed by atoms with E-state index in [-0.39, 0.29) is 18.9 Å². The fourth-order valence-corrected chi connectivity index (χ4v) is 3.08. The van der Waals surface area contributed by atoms with Crippen LogP contribution in [0.1, 0.15) is 25.3 Å². The van der Waals surface area contributed by atoms with Crippen LogP contribution in [0.3, 0.4) is 0 Å². The van der Waals surface area contributed by atoms with Gasteiger partial charge in [-0.05, 0) is 30.5 Å². The molecule has 0 aliphatic carbocycles. The molecular weight excluding hydrogens is 316 g/mol. The molecule has 1 aromatic carbocycles. The monoisotopic (exact) mass is 342 g/mol. The van der Waals surface area contributed by atoms with Gasteiger partial charge in [0.1, 0.15) is 5.75 Å². The van der Waals surface area contributed by atoms with Crippen LogP contribution in [-0.4, -0.2) is 51.6 Å². The third-order valence-corrected chi connectivity index (χ3v) is 4.73. The molecule has 0 atom stereocenters. The molecular formula is C16H26N2O4S. The van der Waals surface area contributed by atoms with Crippen LogP contribution in [-0.2, 0) is 21.2 Å². The van der Waals surface area contributed by atoms with Crippen molar-refractivity contribution in [1.29, 1.82) is 0 Å². The molecule has 0 unspecified atom stereocenters. The molecule has 1 N–H and O–H groups in total. The predicted molar refractivity (Wildman–Crippen MR) is 91.0 cm³/mol. The Morgan fingerprint density at radius 1 is 1.22 bits per heavy atom. The van der Waals surface area contributed by atoms with E-state index in [0.717, 1.165) is 24.2 Å². The minimum atomic E-state index is -3.25. The number of methoxy groups -OCH3 is 1. The Morgan fingerprint density at radius 2 is 1.87 bits per heavy atom. The van der Waals surface area contributed by atoms with Crippen molar-refractivity contribution in [2.24, 2.45) is 0 Å². The lowest BCUT2D eigenvalue weighted by molar-refractivity contribution is -0.121. The summed E-state index contributed by atoms with van der Waals surface area (Å²) in [6.07, 6.45) is 2.80. The van der Waals surface area contributed by atoms with Crippen LogP contribution in [0.5, 0.6) is 5.75 Å². The Hall–Kier alpha value is -1.60. The summed E-state index contributed by atoms with van der Waals surface area (Å²) < 4.78 is 29.6. The molecule has 0 spiro atoms. The molecule has 0 aliphatic rings. The first-order chi connectivity index (χ1) is 10.9. The summed E-state index contributed by atoms with van der Waals surface area (Å²) in [5, 5.41) is 2.82. The van der Waals surface area contributed by atoms with Crippen LogP contribution in [0.25, 0.3) is 0 Å². The van der Waals surface area contributed by atoms with Crippen LogP contribution in [0.2, 0.25) is 0 Å². The van der Waals surface area contributed by atoms with Crippen molar-refractivity contribution in [3.05, 3.63) is 29.8 Å². The third-order valence-electron chi connectivity index (χ3n) is 3.43. The molecule has 0 aliphatic heterocycles. The largest absolute Gasteiger partial charge is 0.497 e. The fourth-order valence-electron chi connectivity index (χ4n) is 2.15. The fraction of sp³-hybridized carbons (Fsp3) is 0.562. The van der Waals surface area contributed by atoms with E-state index >= 15 is 0 Å². The van der Waals surface area contributed by atoms with Crippen LogP contribution in [0.4, 0.5) is 0 Å². The van der Waals surface area contributed by atoms with E-state index in [1.54, 1.807) is 7.11 Å². The number of carbonyl (C=O) groups excluding carboxylic acids is 1. The van der Waals surface area contributed by atoms with Crippen LogP contribution >= 0.6 is 0 Å². The second-order valence-corrected chi connectivity index (χ2v) is 7.34. The quantitative estimate of drug-likeness (QED) is 0.698. The molecule has 7 heteroatoms. The molecule has 0 fully saturated rings. The highest BCUT2D eigenvalue weighted by atomic mass is 32.2. The molecule has 0 saturated heterocycles. The lowest BCUT2D eigenvalue weighted by Gasteiger charge is -2.18. The zero-order valence-electron chi connectivity index (χ0n) is 14.0. The lowest BCUT2D eigenvalue weighted by atomic mass is 10.1. The second-order valence-electron chi connectivity index (χ2n) is 5.36. The van der Waals surface area contributed by atoms with Gasteiger partial charge in [-0.25, -0.2) is 12.7 Å². The summed E-state index contributed by atoms with van der Waals surface area (Å²) in [6.45, 7) is 3.10. The number of nitrogens with one attached hydrogen (secondary N) is 1. The van der Waals surface area contributed by atoms with Crippen molar-refractivity contribution in [2.45, 2.75) is 26.2 Å². The van der Waals surface area contributed by atoms with Crippen molar-refractivity contribution in [3.63, 3.8) is 0 Å². The highest BCUT2D eigenvalue weighted by Gasteiger charge is 2.16. The number of carbonyl (C=O) groups is 1. The van der Waals surface area contributed by atoms with E-state index in [0.29, 0.717) is 13.1 Å². The molecule has 0 aromatic heterocycles. The summed E-state index contributed by atoms with van der Waals surface area (Å²) in [5.41, 5.74) is 1.11. The highest BCUT2D eigenvalue weighted by molar-refractivity contribution is 7.88. The van der Waals surface area contributed by atoms with Gasteiger partial charge in [-0.2, -0.15) is 0 Å². The Balaban J connectivity index is 2.33. The summed E-state index contributed by atoms with van der Waals surface area (Å²) in [4.78, 5) is 11.8. The number of benzene rings is 1. The molecule has 1 amide bonds. The van der Waals surface area contributed by atoms with Crippen LogP contribution < -0.4 is 10.1 Å². The SMILES string of the molecule is CCCN(CCC(=O)NCCc1ccc(OC)cc1)S(C)(=O)=O. The van der Waals surface area contributed by atoms with Gasteiger partial charge in [0.05, 0.1) is 13.4 Å². The minimum absolute atomic E-state index is 0.136. The van der Waals surface area contributed by atoms with Gasteiger partial charge in [0.15, 0.2) is 0 Å². The van der Waals surface area contributed by atoms with E-state index in [1.165, 1.54) is 10.6 Å². The van der Waals surface area contributed by atoms with Crippen molar-refractivity contribution < 1.29 is 17.9 Å². The van der Waals surface area contributed by atoms with Gasteiger partial charge >= 0.3 is 0 Å². The number of rotatable bonds is 10. The number of hydrogen-bond donors (Lipinski definition) is 1. The Bertz CT molecular complexity index is 585. The maximum absolute atomic E-state index is 11.8. The first-order valence-electron chi connectivity index (χ1n) is 7.71. The number of nitrogens with zero attached hydrogens (tertiary/aromatic N) is 1. The second kappa shape index (κ2) is 9.52. The molecule has 0 heterocycles. The molecule has 23 heavy (non-hydrogen) atoms. The molecule has 1 aromatic rings. The molecule has 0 bridgehead atoms. The maximum Gasteiger partial charge on any atom is 0.221 e. The number of hydrogen-bond acceptors (Lipinski definition) is 4. The van der Waals surface area contributed by atoms with Crippen molar-refractivity contribution in [1.82, 2.24) is 9.62 Å². The average Bonchev–Trinajstić information content (AvgIpc) is 2.51. The topological polar surface area (TPSA) is 75.7 Å². The van der Waals surface area contributed by atoms with E-state index in [9.17, 15) is 13.2 Å². The lowest BCUT2D eigenvalue weighted by Crippen LogP contribution is -2.35. The predicted octanol–water partition coefficient (Wildman–Crippen LogP) is 1.42. The maximum atomic E-state index is 11.8. The summed E-state index contributed by atoms with van der Waals surface area (Å²) in [5.74, 6) is 0.665. The minimum Gasteiger partial charge on any atom is -0.497 e. The van der Waals surface area contributed by atoms with Crippen molar-refractivity contribution >= 4 is 15.9 Å². The third kappa shape index (κ3) is 7.47. The Labute approximate surface area is 138 Å². The Kier molecular flexibility index (Phi) is 8.05. The molecule has 0 radical (unpaired) electrons. The van der Waals surface area contributed by atoms with Crippen LogP contribution in [0, 0.1) is 0 Å². The molecule has 6 nitrogen and oxygen atoms in total. The average molecular weight is 342 g/mol. The van der Waals surface area contributed by atoms with Crippen molar-refractivity contribution in [3.8, 4) is 5.75 Å². The molecule has 0 saturated carbocycles. The summed E-state index contributed by atoms with van der Waals surface area (Å²) in [7, 11) is -1.63. The molecule has 1 rings (SSSR count).